The predicted octanol–water partition coefficient (Wildman–Crippen LogP) is 2.14. The van der Waals surface area contributed by atoms with Crippen LogP contribution in [0.5, 0.6) is 0 Å². The van der Waals surface area contributed by atoms with Crippen molar-refractivity contribution in [1.82, 2.24) is 15.6 Å². The molecule has 2 aromatic rings. The van der Waals surface area contributed by atoms with Crippen LogP contribution in [0.3, 0.4) is 0 Å². The molecule has 6 nitrogen and oxygen atoms in total. The van der Waals surface area contributed by atoms with E-state index in [1.165, 1.54) is 0 Å². The van der Waals surface area contributed by atoms with Crippen molar-refractivity contribution in [2.45, 2.75) is 33.4 Å². The fraction of sp³-hybridized carbons (Fsp3) is 0.467. The van der Waals surface area contributed by atoms with Crippen molar-refractivity contribution in [2.24, 2.45) is 4.99 Å². The second kappa shape index (κ2) is 7.95. The number of hydrogen-bond donors (Lipinski definition) is 3. The number of thiazole rings is 1. The summed E-state index contributed by atoms with van der Waals surface area (Å²) in [6.45, 7) is 7.65. The van der Waals surface area contributed by atoms with E-state index in [0.29, 0.717) is 24.8 Å². The van der Waals surface area contributed by atoms with E-state index in [1.807, 2.05) is 20.8 Å². The van der Waals surface area contributed by atoms with Crippen molar-refractivity contribution in [3.05, 3.63) is 39.7 Å². The molecule has 3 N–H and O–H groups in total. The smallest absolute Gasteiger partial charge is 0.191 e. The Morgan fingerprint density at radius 1 is 1.45 bits per heavy atom. The van der Waals surface area contributed by atoms with Crippen LogP contribution in [0.15, 0.2) is 27.8 Å². The fourth-order valence-corrected chi connectivity index (χ4v) is 2.85. The lowest BCUT2D eigenvalue weighted by Gasteiger charge is -2.13. The van der Waals surface area contributed by atoms with Gasteiger partial charge >= 0.3 is 0 Å². The maximum absolute atomic E-state index is 10.0. The molecule has 0 aliphatic carbocycles. The zero-order chi connectivity index (χ0) is 15.9. The Morgan fingerprint density at radius 2 is 2.27 bits per heavy atom. The lowest BCUT2D eigenvalue weighted by molar-refractivity contribution is 0.153. The van der Waals surface area contributed by atoms with Crippen molar-refractivity contribution < 1.29 is 9.52 Å². The van der Waals surface area contributed by atoms with E-state index in [-0.39, 0.29) is 0 Å². The van der Waals surface area contributed by atoms with Crippen molar-refractivity contribution >= 4 is 17.3 Å². The third-order valence-corrected chi connectivity index (χ3v) is 4.12. The van der Waals surface area contributed by atoms with E-state index >= 15 is 0 Å². The van der Waals surface area contributed by atoms with Crippen LogP contribution in [0.1, 0.15) is 34.4 Å². The van der Waals surface area contributed by atoms with Gasteiger partial charge in [0.15, 0.2) is 5.96 Å². The molecule has 120 valence electrons. The van der Waals surface area contributed by atoms with E-state index in [4.69, 9.17) is 4.42 Å². The van der Waals surface area contributed by atoms with Gasteiger partial charge in [0.25, 0.3) is 0 Å². The standard InChI is InChI=1S/C15H22N4O2S/c1-4-16-15(17-8-12(20)13-6-5-7-21-13)18-9-14-10(2)19-11(3)22-14/h5-7,12,20H,4,8-9H2,1-3H3,(H2,16,17,18). The summed E-state index contributed by atoms with van der Waals surface area (Å²) < 4.78 is 5.18. The third kappa shape index (κ3) is 4.57. The number of aromatic nitrogens is 1. The van der Waals surface area contributed by atoms with Crippen molar-refractivity contribution in [2.75, 3.05) is 13.1 Å². The summed E-state index contributed by atoms with van der Waals surface area (Å²) >= 11 is 1.66. The molecule has 0 bridgehead atoms. The molecule has 0 aromatic carbocycles. The van der Waals surface area contributed by atoms with Gasteiger partial charge in [-0.2, -0.15) is 0 Å². The van der Waals surface area contributed by atoms with Gasteiger partial charge in [-0.05, 0) is 32.9 Å². The number of nitrogens with one attached hydrogen (secondary N) is 2. The zero-order valence-electron chi connectivity index (χ0n) is 13.1. The van der Waals surface area contributed by atoms with Gasteiger partial charge in [0.2, 0.25) is 0 Å². The summed E-state index contributed by atoms with van der Waals surface area (Å²) in [5.74, 6) is 1.20. The largest absolute Gasteiger partial charge is 0.467 e. The lowest BCUT2D eigenvalue weighted by atomic mass is 10.3. The lowest BCUT2D eigenvalue weighted by Crippen LogP contribution is -2.39. The first-order valence-corrected chi connectivity index (χ1v) is 8.08. The Balaban J connectivity index is 1.94. The molecule has 0 radical (unpaired) electrons. The molecule has 2 aromatic heterocycles. The van der Waals surface area contributed by atoms with Gasteiger partial charge in [-0.1, -0.05) is 0 Å². The number of furan rings is 1. The highest BCUT2D eigenvalue weighted by molar-refractivity contribution is 7.11. The average Bonchev–Trinajstić information content (AvgIpc) is 3.11. The Morgan fingerprint density at radius 3 is 2.86 bits per heavy atom. The maximum Gasteiger partial charge on any atom is 0.191 e. The van der Waals surface area contributed by atoms with E-state index in [0.717, 1.165) is 22.1 Å². The van der Waals surface area contributed by atoms with E-state index in [1.54, 1.807) is 29.7 Å². The molecule has 1 atom stereocenters. The molecular weight excluding hydrogens is 300 g/mol. The van der Waals surface area contributed by atoms with Crippen molar-refractivity contribution in [3.8, 4) is 0 Å². The third-order valence-electron chi connectivity index (χ3n) is 3.06. The van der Waals surface area contributed by atoms with Crippen molar-refractivity contribution in [1.29, 1.82) is 0 Å². The highest BCUT2D eigenvalue weighted by Crippen LogP contribution is 2.17. The molecule has 0 amide bonds. The Bertz CT molecular complexity index is 607. The van der Waals surface area contributed by atoms with Crippen LogP contribution in [0.2, 0.25) is 0 Å². The first kappa shape index (κ1) is 16.5. The molecule has 2 heterocycles. The van der Waals surface area contributed by atoms with Gasteiger partial charge in [-0.3, -0.25) is 0 Å². The van der Waals surface area contributed by atoms with Crippen LogP contribution < -0.4 is 10.6 Å². The van der Waals surface area contributed by atoms with Crippen LogP contribution in [0, 0.1) is 13.8 Å². The number of aliphatic hydroxyl groups is 1. The Kier molecular flexibility index (Phi) is 5.97. The van der Waals surface area contributed by atoms with E-state index in [9.17, 15) is 5.11 Å². The number of hydrogen-bond acceptors (Lipinski definition) is 5. The summed E-state index contributed by atoms with van der Waals surface area (Å²) in [5, 5.41) is 17.3. The van der Waals surface area contributed by atoms with Gasteiger partial charge in [0, 0.05) is 11.4 Å². The van der Waals surface area contributed by atoms with Gasteiger partial charge in [0.1, 0.15) is 11.9 Å². The number of aryl methyl sites for hydroxylation is 2. The summed E-state index contributed by atoms with van der Waals surface area (Å²) in [6, 6.07) is 3.51. The summed E-state index contributed by atoms with van der Waals surface area (Å²) in [4.78, 5) is 10.1. The van der Waals surface area contributed by atoms with Crippen LogP contribution in [0.25, 0.3) is 0 Å². The number of aliphatic imine (C=N–C) groups is 1. The maximum atomic E-state index is 10.0. The first-order valence-electron chi connectivity index (χ1n) is 7.26. The SMILES string of the molecule is CCNC(=NCc1sc(C)nc1C)NCC(O)c1ccco1. The Labute approximate surface area is 134 Å². The highest BCUT2D eigenvalue weighted by atomic mass is 32.1. The number of nitrogens with zero attached hydrogens (tertiary/aromatic N) is 2. The van der Waals surface area contributed by atoms with Gasteiger partial charge < -0.3 is 20.2 Å². The molecule has 7 heteroatoms. The fourth-order valence-electron chi connectivity index (χ4n) is 1.99. The number of aliphatic hydroxyl groups excluding tert-OH is 1. The molecule has 0 spiro atoms. The second-order valence-electron chi connectivity index (χ2n) is 4.85. The molecule has 0 aliphatic rings. The molecule has 0 aliphatic heterocycles. The summed E-state index contributed by atoms with van der Waals surface area (Å²) in [5.41, 5.74) is 1.03. The minimum Gasteiger partial charge on any atom is -0.467 e. The van der Waals surface area contributed by atoms with Crippen LogP contribution in [-0.4, -0.2) is 29.1 Å². The van der Waals surface area contributed by atoms with Gasteiger partial charge in [-0.25, -0.2) is 9.98 Å². The summed E-state index contributed by atoms with van der Waals surface area (Å²) in [6.07, 6.45) is 0.846. The molecule has 22 heavy (non-hydrogen) atoms. The van der Waals surface area contributed by atoms with Crippen molar-refractivity contribution in [3.63, 3.8) is 0 Å². The van der Waals surface area contributed by atoms with Gasteiger partial charge in [-0.15, -0.1) is 11.3 Å². The van der Waals surface area contributed by atoms with Crippen LogP contribution in [-0.2, 0) is 6.54 Å². The topological polar surface area (TPSA) is 82.7 Å². The minimum absolute atomic E-state index is 0.333. The monoisotopic (exact) mass is 322 g/mol. The summed E-state index contributed by atoms with van der Waals surface area (Å²) in [7, 11) is 0. The normalized spacial score (nSPS) is 13.2. The molecular formula is C15H22N4O2S. The second-order valence-corrected chi connectivity index (χ2v) is 6.14. The predicted molar refractivity (Wildman–Crippen MR) is 88.1 cm³/mol. The van der Waals surface area contributed by atoms with E-state index < -0.39 is 6.10 Å². The first-order chi connectivity index (χ1) is 10.6. The molecule has 0 saturated heterocycles. The van der Waals surface area contributed by atoms with Gasteiger partial charge in [0.05, 0.1) is 30.1 Å². The minimum atomic E-state index is -0.703. The van der Waals surface area contributed by atoms with E-state index in [2.05, 4.69) is 20.6 Å². The van der Waals surface area contributed by atoms with Crippen LogP contribution in [0.4, 0.5) is 0 Å². The average molecular weight is 322 g/mol. The Hall–Kier alpha value is -1.86. The highest BCUT2D eigenvalue weighted by Gasteiger charge is 2.11. The molecule has 1 unspecified atom stereocenters. The molecule has 0 saturated carbocycles. The molecule has 0 fully saturated rings. The quantitative estimate of drug-likeness (QED) is 0.561. The number of rotatable bonds is 6. The number of guanidine groups is 1. The zero-order valence-corrected chi connectivity index (χ0v) is 13.9. The van der Waals surface area contributed by atoms with Crippen LogP contribution >= 0.6 is 11.3 Å². The molecule has 2 rings (SSSR count).